The molecule has 0 saturated carbocycles. The zero-order chi connectivity index (χ0) is 20.8. The standard InChI is InChI=1S/C20H17N3O5S/c1-12(24)22-13-4-2-5-14(10-13)23-20(27)19(26)21-11-15-7-8-17(29-15)18(25)16-6-3-9-28-16/h2-10H,11H2,1H3,(H,21,26)(H,22,24)(H,23,27). The topological polar surface area (TPSA) is 118 Å². The molecule has 0 atom stereocenters. The van der Waals surface area contributed by atoms with Gasteiger partial charge in [0.15, 0.2) is 5.76 Å². The highest BCUT2D eigenvalue weighted by atomic mass is 32.1. The molecule has 148 valence electrons. The van der Waals surface area contributed by atoms with Crippen LogP contribution in [0.5, 0.6) is 0 Å². The summed E-state index contributed by atoms with van der Waals surface area (Å²) in [6.07, 6.45) is 1.42. The molecule has 2 aromatic heterocycles. The van der Waals surface area contributed by atoms with Crippen molar-refractivity contribution in [2.45, 2.75) is 13.5 Å². The molecule has 0 aliphatic carbocycles. The summed E-state index contributed by atoms with van der Waals surface area (Å²) in [5.41, 5.74) is 0.877. The van der Waals surface area contributed by atoms with E-state index in [1.165, 1.54) is 24.5 Å². The maximum absolute atomic E-state index is 12.2. The molecule has 0 aliphatic rings. The summed E-state index contributed by atoms with van der Waals surface area (Å²) in [4.78, 5) is 48.6. The van der Waals surface area contributed by atoms with E-state index in [0.29, 0.717) is 21.1 Å². The average Bonchev–Trinajstić information content (AvgIpc) is 3.37. The number of carbonyl (C=O) groups excluding carboxylic acids is 4. The number of furan rings is 1. The molecule has 3 rings (SSSR count). The van der Waals surface area contributed by atoms with Crippen LogP contribution in [0.25, 0.3) is 0 Å². The molecular weight excluding hydrogens is 394 g/mol. The minimum absolute atomic E-state index is 0.105. The average molecular weight is 411 g/mol. The van der Waals surface area contributed by atoms with Crippen molar-refractivity contribution in [3.8, 4) is 0 Å². The van der Waals surface area contributed by atoms with Gasteiger partial charge < -0.3 is 20.4 Å². The number of carbonyl (C=O) groups is 4. The van der Waals surface area contributed by atoms with Crippen molar-refractivity contribution in [3.63, 3.8) is 0 Å². The summed E-state index contributed by atoms with van der Waals surface area (Å²) in [5.74, 6) is -1.90. The van der Waals surface area contributed by atoms with E-state index in [1.807, 2.05) is 0 Å². The fraction of sp³-hybridized carbons (Fsp3) is 0.100. The van der Waals surface area contributed by atoms with Crippen LogP contribution in [0.1, 0.15) is 27.2 Å². The van der Waals surface area contributed by atoms with Crippen LogP contribution >= 0.6 is 11.3 Å². The van der Waals surface area contributed by atoms with Gasteiger partial charge in [-0.25, -0.2) is 0 Å². The van der Waals surface area contributed by atoms with Crippen LogP contribution in [0.15, 0.2) is 59.2 Å². The molecule has 9 heteroatoms. The predicted molar refractivity (Wildman–Crippen MR) is 108 cm³/mol. The molecule has 2 heterocycles. The van der Waals surface area contributed by atoms with Gasteiger partial charge in [0.25, 0.3) is 0 Å². The molecule has 1 aromatic carbocycles. The monoisotopic (exact) mass is 411 g/mol. The number of hydrogen-bond acceptors (Lipinski definition) is 6. The molecule has 0 spiro atoms. The van der Waals surface area contributed by atoms with Crippen LogP contribution in [-0.2, 0) is 20.9 Å². The Kier molecular flexibility index (Phi) is 6.20. The van der Waals surface area contributed by atoms with Gasteiger partial charge in [-0.2, -0.15) is 0 Å². The number of nitrogens with one attached hydrogen (secondary N) is 3. The summed E-state index contributed by atoms with van der Waals surface area (Å²) in [7, 11) is 0. The van der Waals surface area contributed by atoms with Gasteiger partial charge in [0.1, 0.15) is 0 Å². The first-order chi connectivity index (χ1) is 13.9. The number of rotatable bonds is 6. The SMILES string of the molecule is CC(=O)Nc1cccc(NC(=O)C(=O)NCc2ccc(C(=O)c3ccco3)s2)c1. The minimum Gasteiger partial charge on any atom is -0.461 e. The lowest BCUT2D eigenvalue weighted by molar-refractivity contribution is -0.136. The first kappa shape index (κ1) is 20.0. The third kappa shape index (κ3) is 5.39. The van der Waals surface area contributed by atoms with Crippen LogP contribution < -0.4 is 16.0 Å². The lowest BCUT2D eigenvalue weighted by Gasteiger charge is -2.08. The summed E-state index contributed by atoms with van der Waals surface area (Å²) in [5, 5.41) is 7.57. The Balaban J connectivity index is 1.54. The van der Waals surface area contributed by atoms with Crippen LogP contribution in [0.3, 0.4) is 0 Å². The number of thiophene rings is 1. The van der Waals surface area contributed by atoms with E-state index < -0.39 is 11.8 Å². The smallest absolute Gasteiger partial charge is 0.313 e. The van der Waals surface area contributed by atoms with Crippen LogP contribution in [0.4, 0.5) is 11.4 Å². The van der Waals surface area contributed by atoms with E-state index in [-0.39, 0.29) is 24.0 Å². The molecule has 0 bridgehead atoms. The molecule has 3 amide bonds. The van der Waals surface area contributed by atoms with Gasteiger partial charge in [-0.1, -0.05) is 6.07 Å². The van der Waals surface area contributed by atoms with Crippen molar-refractivity contribution >= 4 is 46.2 Å². The van der Waals surface area contributed by atoms with Gasteiger partial charge >= 0.3 is 11.8 Å². The molecule has 0 radical (unpaired) electrons. The summed E-state index contributed by atoms with van der Waals surface area (Å²) in [6, 6.07) is 13.0. The van der Waals surface area contributed by atoms with Gasteiger partial charge in [-0.15, -0.1) is 11.3 Å². The highest BCUT2D eigenvalue weighted by Crippen LogP contribution is 2.20. The molecule has 8 nitrogen and oxygen atoms in total. The lowest BCUT2D eigenvalue weighted by Crippen LogP contribution is -2.34. The van der Waals surface area contributed by atoms with E-state index in [9.17, 15) is 19.2 Å². The Bertz CT molecular complexity index is 1060. The third-order valence-corrected chi connectivity index (χ3v) is 4.78. The Morgan fingerprint density at radius 3 is 2.38 bits per heavy atom. The second kappa shape index (κ2) is 8.98. The number of amides is 3. The largest absolute Gasteiger partial charge is 0.461 e. The number of ketones is 1. The van der Waals surface area contributed by atoms with Gasteiger partial charge in [0, 0.05) is 23.2 Å². The number of hydrogen-bond donors (Lipinski definition) is 3. The summed E-state index contributed by atoms with van der Waals surface area (Å²) < 4.78 is 5.09. The second-order valence-electron chi connectivity index (χ2n) is 5.97. The normalized spacial score (nSPS) is 10.2. The zero-order valence-corrected chi connectivity index (χ0v) is 16.2. The van der Waals surface area contributed by atoms with E-state index in [2.05, 4.69) is 16.0 Å². The van der Waals surface area contributed by atoms with Crippen LogP contribution in [-0.4, -0.2) is 23.5 Å². The summed E-state index contributed by atoms with van der Waals surface area (Å²) >= 11 is 1.21. The van der Waals surface area contributed by atoms with Gasteiger partial charge in [0.05, 0.1) is 17.7 Å². The van der Waals surface area contributed by atoms with Crippen molar-refractivity contribution in [2.24, 2.45) is 0 Å². The molecule has 0 fully saturated rings. The Morgan fingerprint density at radius 2 is 1.69 bits per heavy atom. The third-order valence-electron chi connectivity index (χ3n) is 3.70. The first-order valence-corrected chi connectivity index (χ1v) is 9.38. The van der Waals surface area contributed by atoms with Crippen molar-refractivity contribution in [1.29, 1.82) is 0 Å². The Morgan fingerprint density at radius 1 is 0.931 bits per heavy atom. The van der Waals surface area contributed by atoms with Crippen LogP contribution in [0, 0.1) is 0 Å². The number of benzene rings is 1. The van der Waals surface area contributed by atoms with Gasteiger partial charge in [-0.3, -0.25) is 19.2 Å². The molecular formula is C20H17N3O5S. The lowest BCUT2D eigenvalue weighted by atomic mass is 10.2. The van der Waals surface area contributed by atoms with Crippen molar-refractivity contribution < 1.29 is 23.6 Å². The second-order valence-corrected chi connectivity index (χ2v) is 7.14. The maximum atomic E-state index is 12.2. The van der Waals surface area contributed by atoms with Crippen molar-refractivity contribution in [1.82, 2.24) is 5.32 Å². The fourth-order valence-corrected chi connectivity index (χ4v) is 3.33. The maximum Gasteiger partial charge on any atom is 0.313 e. The zero-order valence-electron chi connectivity index (χ0n) is 15.4. The van der Waals surface area contributed by atoms with Crippen LogP contribution in [0.2, 0.25) is 0 Å². The molecule has 3 aromatic rings. The van der Waals surface area contributed by atoms with Crippen molar-refractivity contribution in [2.75, 3.05) is 10.6 Å². The predicted octanol–water partition coefficient (Wildman–Crippen LogP) is 2.79. The number of anilines is 2. The fourth-order valence-electron chi connectivity index (χ4n) is 2.44. The quantitative estimate of drug-likeness (QED) is 0.426. The Labute approximate surface area is 169 Å². The van der Waals surface area contributed by atoms with E-state index in [1.54, 1.807) is 48.5 Å². The summed E-state index contributed by atoms with van der Waals surface area (Å²) in [6.45, 7) is 1.48. The molecule has 0 unspecified atom stereocenters. The minimum atomic E-state index is -0.839. The van der Waals surface area contributed by atoms with Crippen molar-refractivity contribution in [3.05, 3.63) is 70.3 Å². The van der Waals surface area contributed by atoms with E-state index in [0.717, 1.165) is 0 Å². The highest BCUT2D eigenvalue weighted by molar-refractivity contribution is 7.14. The van der Waals surface area contributed by atoms with Gasteiger partial charge in [-0.05, 0) is 42.5 Å². The molecule has 0 saturated heterocycles. The van der Waals surface area contributed by atoms with E-state index >= 15 is 0 Å². The first-order valence-electron chi connectivity index (χ1n) is 8.56. The Hall–Kier alpha value is -3.72. The van der Waals surface area contributed by atoms with Gasteiger partial charge in [0.2, 0.25) is 11.7 Å². The molecule has 29 heavy (non-hydrogen) atoms. The molecule has 3 N–H and O–H groups in total. The van der Waals surface area contributed by atoms with E-state index in [4.69, 9.17) is 4.42 Å². The molecule has 0 aliphatic heterocycles. The highest BCUT2D eigenvalue weighted by Gasteiger charge is 2.17.